The topological polar surface area (TPSA) is 35.6 Å². The third-order valence-electron chi connectivity index (χ3n) is 4.68. The SMILES string of the molecule is Cl.O=C(c1cc(C(F)(F)F)ccc1F)N1CCN(C2CCNC2)CC1. The maximum absolute atomic E-state index is 13.9. The second-order valence-corrected chi connectivity index (χ2v) is 6.17. The van der Waals surface area contributed by atoms with E-state index in [0.717, 1.165) is 19.5 Å². The maximum Gasteiger partial charge on any atom is 0.416 e. The van der Waals surface area contributed by atoms with Crippen LogP contribution in [0.2, 0.25) is 0 Å². The number of nitrogens with zero attached hydrogens (tertiary/aromatic N) is 2. The summed E-state index contributed by atoms with van der Waals surface area (Å²) in [5, 5.41) is 3.28. The van der Waals surface area contributed by atoms with Crippen molar-refractivity contribution in [2.45, 2.75) is 18.6 Å². The van der Waals surface area contributed by atoms with Gasteiger partial charge in [-0.2, -0.15) is 13.2 Å². The summed E-state index contributed by atoms with van der Waals surface area (Å²) in [6, 6.07) is 2.39. The van der Waals surface area contributed by atoms with E-state index in [9.17, 15) is 22.4 Å². The molecule has 0 bridgehead atoms. The van der Waals surface area contributed by atoms with Crippen molar-refractivity contribution in [1.82, 2.24) is 15.1 Å². The fourth-order valence-electron chi connectivity index (χ4n) is 3.28. The van der Waals surface area contributed by atoms with E-state index in [1.165, 1.54) is 4.90 Å². The van der Waals surface area contributed by atoms with Gasteiger partial charge in [0.1, 0.15) is 5.82 Å². The Morgan fingerprint density at radius 3 is 2.40 bits per heavy atom. The number of carbonyl (C=O) groups excluding carboxylic acids is 1. The Labute approximate surface area is 149 Å². The van der Waals surface area contributed by atoms with E-state index in [1.54, 1.807) is 0 Å². The van der Waals surface area contributed by atoms with Crippen LogP contribution < -0.4 is 5.32 Å². The quantitative estimate of drug-likeness (QED) is 0.799. The predicted octanol–water partition coefficient (Wildman–Crippen LogP) is 2.39. The fourth-order valence-corrected chi connectivity index (χ4v) is 3.28. The summed E-state index contributed by atoms with van der Waals surface area (Å²) < 4.78 is 52.2. The number of hydrogen-bond donors (Lipinski definition) is 1. The van der Waals surface area contributed by atoms with Gasteiger partial charge in [-0.3, -0.25) is 9.69 Å². The highest BCUT2D eigenvalue weighted by atomic mass is 35.5. The molecule has 9 heteroatoms. The number of piperazine rings is 1. The van der Waals surface area contributed by atoms with E-state index in [0.29, 0.717) is 50.4 Å². The van der Waals surface area contributed by atoms with Crippen molar-refractivity contribution < 1.29 is 22.4 Å². The number of hydrogen-bond acceptors (Lipinski definition) is 3. The molecule has 1 N–H and O–H groups in total. The van der Waals surface area contributed by atoms with Gasteiger partial charge in [0.25, 0.3) is 5.91 Å². The van der Waals surface area contributed by atoms with Gasteiger partial charge in [0.15, 0.2) is 0 Å². The van der Waals surface area contributed by atoms with Crippen LogP contribution in [-0.2, 0) is 6.18 Å². The van der Waals surface area contributed by atoms with Crippen molar-refractivity contribution in [2.75, 3.05) is 39.3 Å². The lowest BCUT2D eigenvalue weighted by Crippen LogP contribution is -2.52. The average Bonchev–Trinajstić information content (AvgIpc) is 3.08. The van der Waals surface area contributed by atoms with E-state index < -0.39 is 29.0 Å². The predicted molar refractivity (Wildman–Crippen MR) is 87.4 cm³/mol. The van der Waals surface area contributed by atoms with Crippen molar-refractivity contribution in [2.24, 2.45) is 0 Å². The normalized spacial score (nSPS) is 21.9. The summed E-state index contributed by atoms with van der Waals surface area (Å²) in [6.07, 6.45) is -3.55. The monoisotopic (exact) mass is 381 g/mol. The summed E-state index contributed by atoms with van der Waals surface area (Å²) >= 11 is 0. The molecule has 2 fully saturated rings. The van der Waals surface area contributed by atoms with Crippen LogP contribution in [0.25, 0.3) is 0 Å². The fraction of sp³-hybridized carbons (Fsp3) is 0.562. The summed E-state index contributed by atoms with van der Waals surface area (Å²) in [6.45, 7) is 3.98. The van der Waals surface area contributed by atoms with Crippen LogP contribution in [0.1, 0.15) is 22.3 Å². The molecule has 0 spiro atoms. The molecular weight excluding hydrogens is 362 g/mol. The minimum Gasteiger partial charge on any atom is -0.336 e. The molecular formula is C16H20ClF4N3O. The third-order valence-corrected chi connectivity index (χ3v) is 4.68. The van der Waals surface area contributed by atoms with Crippen LogP contribution in [0, 0.1) is 5.82 Å². The highest BCUT2D eigenvalue weighted by Gasteiger charge is 2.33. The molecule has 2 aliphatic rings. The molecule has 2 aliphatic heterocycles. The molecule has 1 aromatic carbocycles. The number of benzene rings is 1. The van der Waals surface area contributed by atoms with Crippen molar-refractivity contribution in [3.05, 3.63) is 35.1 Å². The molecule has 1 atom stereocenters. The summed E-state index contributed by atoms with van der Waals surface area (Å²) in [5.41, 5.74) is -1.52. The Bertz CT molecular complexity index is 612. The largest absolute Gasteiger partial charge is 0.416 e. The van der Waals surface area contributed by atoms with Gasteiger partial charge in [-0.05, 0) is 31.2 Å². The van der Waals surface area contributed by atoms with Gasteiger partial charge in [-0.1, -0.05) is 0 Å². The minimum atomic E-state index is -4.60. The molecule has 1 aromatic rings. The number of rotatable bonds is 2. The highest BCUT2D eigenvalue weighted by molar-refractivity contribution is 5.94. The molecule has 2 saturated heterocycles. The summed E-state index contributed by atoms with van der Waals surface area (Å²) in [5.74, 6) is -1.60. The standard InChI is InChI=1S/C16H19F4N3O.ClH/c17-14-2-1-11(16(18,19)20)9-13(14)15(24)23-7-5-22(6-8-23)12-3-4-21-10-12;/h1-2,9,12,21H,3-8,10H2;1H. The highest BCUT2D eigenvalue weighted by Crippen LogP contribution is 2.30. The molecule has 0 aliphatic carbocycles. The first-order valence-electron chi connectivity index (χ1n) is 7.97. The maximum atomic E-state index is 13.9. The van der Waals surface area contributed by atoms with E-state index in [2.05, 4.69) is 10.2 Å². The van der Waals surface area contributed by atoms with Gasteiger partial charge in [-0.15, -0.1) is 12.4 Å². The molecule has 0 radical (unpaired) electrons. The first kappa shape index (κ1) is 19.9. The van der Waals surface area contributed by atoms with Crippen molar-refractivity contribution in [3.63, 3.8) is 0 Å². The van der Waals surface area contributed by atoms with E-state index >= 15 is 0 Å². The molecule has 4 nitrogen and oxygen atoms in total. The first-order chi connectivity index (χ1) is 11.4. The third kappa shape index (κ3) is 4.43. The molecule has 1 amide bonds. The number of halogens is 5. The van der Waals surface area contributed by atoms with Gasteiger partial charge in [0.2, 0.25) is 0 Å². The van der Waals surface area contributed by atoms with Gasteiger partial charge in [-0.25, -0.2) is 4.39 Å². The Balaban J connectivity index is 0.00000225. The molecule has 0 saturated carbocycles. The smallest absolute Gasteiger partial charge is 0.336 e. The lowest BCUT2D eigenvalue weighted by atomic mass is 10.1. The van der Waals surface area contributed by atoms with Gasteiger partial charge >= 0.3 is 6.18 Å². The van der Waals surface area contributed by atoms with Crippen LogP contribution in [0.15, 0.2) is 18.2 Å². The van der Waals surface area contributed by atoms with Gasteiger partial charge < -0.3 is 10.2 Å². The molecule has 25 heavy (non-hydrogen) atoms. The Morgan fingerprint density at radius 2 is 1.84 bits per heavy atom. The van der Waals surface area contributed by atoms with Crippen LogP contribution in [-0.4, -0.2) is 61.0 Å². The summed E-state index contributed by atoms with van der Waals surface area (Å²) in [4.78, 5) is 16.1. The van der Waals surface area contributed by atoms with Crippen molar-refractivity contribution in [1.29, 1.82) is 0 Å². The van der Waals surface area contributed by atoms with Crippen LogP contribution in [0.5, 0.6) is 0 Å². The Kier molecular flexibility index (Phi) is 6.29. The second-order valence-electron chi connectivity index (χ2n) is 6.17. The lowest BCUT2D eigenvalue weighted by molar-refractivity contribution is -0.137. The number of nitrogens with one attached hydrogen (secondary N) is 1. The molecule has 140 valence electrons. The number of carbonyl (C=O) groups is 1. The minimum absolute atomic E-state index is 0. The first-order valence-corrected chi connectivity index (χ1v) is 7.97. The van der Waals surface area contributed by atoms with Crippen LogP contribution in [0.4, 0.5) is 17.6 Å². The van der Waals surface area contributed by atoms with Gasteiger partial charge in [0, 0.05) is 38.8 Å². The zero-order valence-electron chi connectivity index (χ0n) is 13.5. The zero-order chi connectivity index (χ0) is 17.3. The number of amides is 1. The molecule has 2 heterocycles. The Morgan fingerprint density at radius 1 is 1.16 bits per heavy atom. The van der Waals surface area contributed by atoms with Gasteiger partial charge in [0.05, 0.1) is 11.1 Å². The van der Waals surface area contributed by atoms with E-state index in [4.69, 9.17) is 0 Å². The van der Waals surface area contributed by atoms with E-state index in [1.807, 2.05) is 0 Å². The molecule has 1 unspecified atom stereocenters. The molecule has 0 aromatic heterocycles. The van der Waals surface area contributed by atoms with E-state index in [-0.39, 0.29) is 12.4 Å². The Hall–Kier alpha value is -1.38. The summed E-state index contributed by atoms with van der Waals surface area (Å²) in [7, 11) is 0. The zero-order valence-corrected chi connectivity index (χ0v) is 14.3. The van der Waals surface area contributed by atoms with Crippen LogP contribution >= 0.6 is 12.4 Å². The van der Waals surface area contributed by atoms with Crippen molar-refractivity contribution >= 4 is 18.3 Å². The lowest BCUT2D eigenvalue weighted by Gasteiger charge is -2.37. The second kappa shape index (κ2) is 7.88. The molecule has 3 rings (SSSR count). The average molecular weight is 382 g/mol. The van der Waals surface area contributed by atoms with Crippen molar-refractivity contribution in [3.8, 4) is 0 Å². The van der Waals surface area contributed by atoms with Crippen LogP contribution in [0.3, 0.4) is 0 Å². The number of alkyl halides is 3.